The van der Waals surface area contributed by atoms with Gasteiger partial charge in [0.05, 0.1) is 5.69 Å². The number of carbonyl (C=O) groups excluding carboxylic acids is 1. The predicted octanol–water partition coefficient (Wildman–Crippen LogP) is 3.19. The van der Waals surface area contributed by atoms with Gasteiger partial charge < -0.3 is 10.2 Å². The molecule has 0 bridgehead atoms. The molecule has 1 amide bonds. The lowest BCUT2D eigenvalue weighted by atomic mass is 10.2. The molecule has 4 nitrogen and oxygen atoms in total. The zero-order chi connectivity index (χ0) is 14.7. The molecule has 104 valence electrons. The van der Waals surface area contributed by atoms with Gasteiger partial charge in [-0.1, -0.05) is 23.7 Å². The molecular formula is C14H13ClFN3O. The van der Waals surface area contributed by atoms with Gasteiger partial charge in [0.1, 0.15) is 16.8 Å². The molecule has 1 aromatic heterocycles. The van der Waals surface area contributed by atoms with Crippen LogP contribution >= 0.6 is 11.6 Å². The standard InChI is InChI=1S/C14H13ClFN3O/c1-19(2)13-8-9(7-12(15)18-13)14(20)17-11-6-4-3-5-10(11)16/h3-8H,1-2H3,(H,17,20). The van der Waals surface area contributed by atoms with Crippen LogP contribution in [0.1, 0.15) is 10.4 Å². The van der Waals surface area contributed by atoms with Gasteiger partial charge >= 0.3 is 0 Å². The normalized spacial score (nSPS) is 10.2. The van der Waals surface area contributed by atoms with Crippen LogP contribution in [0.4, 0.5) is 15.9 Å². The number of carbonyl (C=O) groups is 1. The van der Waals surface area contributed by atoms with E-state index in [2.05, 4.69) is 10.3 Å². The topological polar surface area (TPSA) is 45.2 Å². The lowest BCUT2D eigenvalue weighted by Crippen LogP contribution is -2.16. The first-order valence-corrected chi connectivity index (χ1v) is 6.26. The molecular weight excluding hydrogens is 281 g/mol. The van der Waals surface area contributed by atoms with Gasteiger partial charge in [0.2, 0.25) is 0 Å². The fourth-order valence-corrected chi connectivity index (χ4v) is 1.80. The first kappa shape index (κ1) is 14.3. The molecule has 20 heavy (non-hydrogen) atoms. The number of pyridine rings is 1. The Labute approximate surface area is 121 Å². The summed E-state index contributed by atoms with van der Waals surface area (Å²) in [6.45, 7) is 0. The number of rotatable bonds is 3. The summed E-state index contributed by atoms with van der Waals surface area (Å²) in [7, 11) is 3.58. The molecule has 1 heterocycles. The van der Waals surface area contributed by atoms with Crippen molar-refractivity contribution >= 4 is 29.0 Å². The van der Waals surface area contributed by atoms with Crippen molar-refractivity contribution in [2.75, 3.05) is 24.3 Å². The SMILES string of the molecule is CN(C)c1cc(C(=O)Nc2ccccc2F)cc(Cl)n1. The summed E-state index contributed by atoms with van der Waals surface area (Å²) >= 11 is 5.88. The van der Waals surface area contributed by atoms with Gasteiger partial charge in [-0.15, -0.1) is 0 Å². The predicted molar refractivity (Wildman–Crippen MR) is 77.9 cm³/mol. The van der Waals surface area contributed by atoms with Gasteiger partial charge in [-0.2, -0.15) is 0 Å². The number of amides is 1. The molecule has 0 atom stereocenters. The molecule has 0 saturated carbocycles. The van der Waals surface area contributed by atoms with Crippen LogP contribution in [0, 0.1) is 5.82 Å². The fraction of sp³-hybridized carbons (Fsp3) is 0.143. The van der Waals surface area contributed by atoms with Crippen LogP contribution in [0.5, 0.6) is 0 Å². The lowest BCUT2D eigenvalue weighted by Gasteiger charge is -2.13. The fourth-order valence-electron chi connectivity index (χ4n) is 1.60. The average Bonchev–Trinajstić information content (AvgIpc) is 2.40. The van der Waals surface area contributed by atoms with E-state index in [1.807, 2.05) is 0 Å². The van der Waals surface area contributed by atoms with E-state index >= 15 is 0 Å². The number of para-hydroxylation sites is 1. The summed E-state index contributed by atoms with van der Waals surface area (Å²) in [6.07, 6.45) is 0. The number of hydrogen-bond acceptors (Lipinski definition) is 3. The Hall–Kier alpha value is -2.14. The third kappa shape index (κ3) is 3.24. The third-order valence-electron chi connectivity index (χ3n) is 2.62. The molecule has 6 heteroatoms. The highest BCUT2D eigenvalue weighted by atomic mass is 35.5. The van der Waals surface area contributed by atoms with Crippen molar-refractivity contribution in [1.29, 1.82) is 0 Å². The molecule has 0 spiro atoms. The summed E-state index contributed by atoms with van der Waals surface area (Å²) in [5, 5.41) is 2.70. The van der Waals surface area contributed by atoms with Gasteiger partial charge in [0, 0.05) is 19.7 Å². The van der Waals surface area contributed by atoms with E-state index in [9.17, 15) is 9.18 Å². The number of hydrogen-bond donors (Lipinski definition) is 1. The van der Waals surface area contributed by atoms with Gasteiger partial charge in [-0.25, -0.2) is 9.37 Å². The number of nitrogens with zero attached hydrogens (tertiary/aromatic N) is 2. The first-order valence-electron chi connectivity index (χ1n) is 5.88. The number of aromatic nitrogens is 1. The molecule has 0 aliphatic carbocycles. The van der Waals surface area contributed by atoms with E-state index < -0.39 is 11.7 Å². The summed E-state index contributed by atoms with van der Waals surface area (Å²) in [5.41, 5.74) is 0.439. The van der Waals surface area contributed by atoms with Gasteiger partial charge in [-0.3, -0.25) is 4.79 Å². The Morgan fingerprint density at radius 1 is 1.30 bits per heavy atom. The summed E-state index contributed by atoms with van der Waals surface area (Å²) in [4.78, 5) is 17.9. The highest BCUT2D eigenvalue weighted by Gasteiger charge is 2.12. The average molecular weight is 294 g/mol. The molecule has 1 N–H and O–H groups in total. The highest BCUT2D eigenvalue weighted by Crippen LogP contribution is 2.19. The van der Waals surface area contributed by atoms with Crippen LogP contribution in [0.15, 0.2) is 36.4 Å². The van der Waals surface area contributed by atoms with Crippen LogP contribution < -0.4 is 10.2 Å². The van der Waals surface area contributed by atoms with Crippen LogP contribution in [0.3, 0.4) is 0 Å². The van der Waals surface area contributed by atoms with Crippen molar-refractivity contribution in [2.24, 2.45) is 0 Å². The molecule has 0 fully saturated rings. The molecule has 0 radical (unpaired) electrons. The number of nitrogens with one attached hydrogen (secondary N) is 1. The van der Waals surface area contributed by atoms with Crippen molar-refractivity contribution in [3.63, 3.8) is 0 Å². The Balaban J connectivity index is 2.28. The molecule has 2 aromatic rings. The molecule has 2 rings (SSSR count). The number of halogens is 2. The Kier molecular flexibility index (Phi) is 4.20. The Bertz CT molecular complexity index is 646. The highest BCUT2D eigenvalue weighted by molar-refractivity contribution is 6.30. The Morgan fingerprint density at radius 2 is 2.00 bits per heavy atom. The lowest BCUT2D eigenvalue weighted by molar-refractivity contribution is 0.102. The van der Waals surface area contributed by atoms with E-state index in [1.54, 1.807) is 37.2 Å². The minimum absolute atomic E-state index is 0.122. The summed E-state index contributed by atoms with van der Waals surface area (Å²) in [5.74, 6) is -0.382. The van der Waals surface area contributed by atoms with Crippen LogP contribution in [-0.2, 0) is 0 Å². The third-order valence-corrected chi connectivity index (χ3v) is 2.82. The molecule has 1 aromatic carbocycles. The van der Waals surface area contributed by atoms with Crippen LogP contribution in [0.2, 0.25) is 5.15 Å². The van der Waals surface area contributed by atoms with Crippen molar-refractivity contribution in [3.8, 4) is 0 Å². The zero-order valence-electron chi connectivity index (χ0n) is 11.0. The molecule has 0 aliphatic rings. The van der Waals surface area contributed by atoms with E-state index in [0.29, 0.717) is 11.4 Å². The second-order valence-electron chi connectivity index (χ2n) is 4.37. The summed E-state index contributed by atoms with van der Waals surface area (Å²) < 4.78 is 13.5. The van der Waals surface area contributed by atoms with E-state index in [1.165, 1.54) is 18.2 Å². The van der Waals surface area contributed by atoms with Gasteiger partial charge in [0.15, 0.2) is 0 Å². The maximum Gasteiger partial charge on any atom is 0.255 e. The molecule has 0 aliphatic heterocycles. The van der Waals surface area contributed by atoms with Gasteiger partial charge in [-0.05, 0) is 24.3 Å². The van der Waals surface area contributed by atoms with E-state index in [4.69, 9.17) is 11.6 Å². The molecule has 0 unspecified atom stereocenters. The van der Waals surface area contributed by atoms with Gasteiger partial charge in [0.25, 0.3) is 5.91 Å². The van der Waals surface area contributed by atoms with Crippen LogP contribution in [0.25, 0.3) is 0 Å². The largest absolute Gasteiger partial charge is 0.363 e. The maximum absolute atomic E-state index is 13.5. The minimum atomic E-state index is -0.492. The number of anilines is 2. The monoisotopic (exact) mass is 293 g/mol. The number of benzene rings is 1. The summed E-state index contributed by atoms with van der Waals surface area (Å²) in [6, 6.07) is 8.98. The quantitative estimate of drug-likeness (QED) is 0.884. The minimum Gasteiger partial charge on any atom is -0.363 e. The van der Waals surface area contributed by atoms with Crippen molar-refractivity contribution < 1.29 is 9.18 Å². The second-order valence-corrected chi connectivity index (χ2v) is 4.75. The smallest absolute Gasteiger partial charge is 0.255 e. The first-order chi connectivity index (χ1) is 9.47. The van der Waals surface area contributed by atoms with E-state index in [-0.39, 0.29) is 10.8 Å². The second kappa shape index (κ2) is 5.88. The van der Waals surface area contributed by atoms with E-state index in [0.717, 1.165) is 0 Å². The molecule has 0 saturated heterocycles. The maximum atomic E-state index is 13.5. The van der Waals surface area contributed by atoms with Crippen molar-refractivity contribution in [2.45, 2.75) is 0 Å². The zero-order valence-corrected chi connectivity index (χ0v) is 11.8. The van der Waals surface area contributed by atoms with Crippen LogP contribution in [-0.4, -0.2) is 25.0 Å². The van der Waals surface area contributed by atoms with Crippen molar-refractivity contribution in [3.05, 3.63) is 52.9 Å². The Morgan fingerprint density at radius 3 is 2.65 bits per heavy atom. The van der Waals surface area contributed by atoms with Crippen molar-refractivity contribution in [1.82, 2.24) is 4.98 Å².